The number of carbonyl (C=O) groups is 1. The van der Waals surface area contributed by atoms with E-state index in [1.807, 2.05) is 32.5 Å². The van der Waals surface area contributed by atoms with Crippen LogP contribution in [0.1, 0.15) is 38.3 Å². The number of carbonyl (C=O) groups excluding carboxylic acids is 1. The zero-order chi connectivity index (χ0) is 24.1. The van der Waals surface area contributed by atoms with Crippen LogP contribution >= 0.6 is 11.8 Å². The molecule has 0 aromatic heterocycles. The zero-order valence-electron chi connectivity index (χ0n) is 20.5. The second-order valence-electron chi connectivity index (χ2n) is 9.73. The van der Waals surface area contributed by atoms with Gasteiger partial charge in [-0.15, -0.1) is 11.8 Å². The summed E-state index contributed by atoms with van der Waals surface area (Å²) >= 11 is 1.85. The predicted octanol–water partition coefficient (Wildman–Crippen LogP) is 6.24. The molecule has 1 unspecified atom stereocenters. The first-order valence-electron chi connectivity index (χ1n) is 11.8. The molecule has 3 aromatic carbocycles. The van der Waals surface area contributed by atoms with E-state index in [2.05, 4.69) is 70.9 Å². The van der Waals surface area contributed by atoms with E-state index < -0.39 is 5.60 Å². The van der Waals surface area contributed by atoms with E-state index in [9.17, 15) is 4.79 Å². The minimum atomic E-state index is -0.481. The Morgan fingerprint density at radius 1 is 1.09 bits per heavy atom. The second-order valence-corrected chi connectivity index (χ2v) is 10.7. The molecule has 1 heterocycles. The van der Waals surface area contributed by atoms with E-state index in [1.54, 1.807) is 7.11 Å². The lowest BCUT2D eigenvalue weighted by Gasteiger charge is -2.22. The molecule has 1 N–H and O–H groups in total. The number of rotatable bonds is 7. The number of alkyl carbamates (subject to hydrolysis) is 1. The average molecular weight is 479 g/mol. The zero-order valence-corrected chi connectivity index (χ0v) is 21.3. The van der Waals surface area contributed by atoms with Gasteiger partial charge in [-0.3, -0.25) is 4.90 Å². The first-order valence-corrected chi connectivity index (χ1v) is 12.8. The molecule has 1 saturated heterocycles. The summed E-state index contributed by atoms with van der Waals surface area (Å²) in [7, 11) is 1.74. The molecule has 5 nitrogen and oxygen atoms in total. The van der Waals surface area contributed by atoms with E-state index in [1.165, 1.54) is 26.8 Å². The number of fused-ring (bicyclic) bond motifs is 1. The maximum Gasteiger partial charge on any atom is 0.407 e. The minimum Gasteiger partial charge on any atom is -0.496 e. The van der Waals surface area contributed by atoms with Crippen molar-refractivity contribution >= 4 is 28.6 Å². The van der Waals surface area contributed by atoms with Crippen LogP contribution in [0.2, 0.25) is 0 Å². The first-order chi connectivity index (χ1) is 16.3. The van der Waals surface area contributed by atoms with Gasteiger partial charge in [0.2, 0.25) is 0 Å². The maximum atomic E-state index is 12.1. The summed E-state index contributed by atoms with van der Waals surface area (Å²) < 4.78 is 11.1. The van der Waals surface area contributed by atoms with Crippen molar-refractivity contribution in [3.63, 3.8) is 0 Å². The summed E-state index contributed by atoms with van der Waals surface area (Å²) in [5, 5.41) is 5.49. The standard InChI is InChI=1S/C28H34N2O3S/c1-28(2,3)33-27(31)29-22-15-16-30(18-22)17-21-10-6-8-12-26(21)34-19-24-23-11-7-5-9-20(23)13-14-25(24)32-4/h5-14,22H,15-19H2,1-4H3,(H,29,31). The number of hydrogen-bond acceptors (Lipinski definition) is 5. The van der Waals surface area contributed by atoms with Crippen LogP contribution in [0.4, 0.5) is 4.79 Å². The molecule has 1 aliphatic heterocycles. The SMILES string of the molecule is COc1ccc2ccccc2c1CSc1ccccc1CN1CCC(NC(=O)OC(C)(C)C)C1. The van der Waals surface area contributed by atoms with Crippen molar-refractivity contribution in [3.8, 4) is 5.75 Å². The van der Waals surface area contributed by atoms with Crippen LogP contribution < -0.4 is 10.1 Å². The van der Waals surface area contributed by atoms with E-state index in [4.69, 9.17) is 9.47 Å². The van der Waals surface area contributed by atoms with Gasteiger partial charge in [-0.25, -0.2) is 4.79 Å². The van der Waals surface area contributed by atoms with E-state index in [-0.39, 0.29) is 12.1 Å². The van der Waals surface area contributed by atoms with Crippen molar-refractivity contribution in [2.45, 2.75) is 56.0 Å². The Morgan fingerprint density at radius 3 is 2.65 bits per heavy atom. The summed E-state index contributed by atoms with van der Waals surface area (Å²) in [6, 6.07) is 21.4. The Kier molecular flexibility index (Phi) is 7.69. The van der Waals surface area contributed by atoms with Crippen molar-refractivity contribution in [1.82, 2.24) is 10.2 Å². The van der Waals surface area contributed by atoms with Gasteiger partial charge in [-0.1, -0.05) is 48.5 Å². The topological polar surface area (TPSA) is 50.8 Å². The quantitative estimate of drug-likeness (QED) is 0.407. The molecule has 1 aliphatic rings. The molecule has 180 valence electrons. The summed E-state index contributed by atoms with van der Waals surface area (Å²) in [5.74, 6) is 1.77. The molecular formula is C28H34N2O3S. The number of nitrogens with one attached hydrogen (secondary N) is 1. The number of amides is 1. The lowest BCUT2D eigenvalue weighted by atomic mass is 10.0. The highest BCUT2D eigenvalue weighted by Gasteiger charge is 2.26. The van der Waals surface area contributed by atoms with Crippen molar-refractivity contribution < 1.29 is 14.3 Å². The Bertz CT molecular complexity index is 1140. The number of methoxy groups -OCH3 is 1. The van der Waals surface area contributed by atoms with E-state index in [0.717, 1.165) is 37.6 Å². The van der Waals surface area contributed by atoms with Crippen LogP contribution in [-0.4, -0.2) is 42.8 Å². The first kappa shape index (κ1) is 24.4. The van der Waals surface area contributed by atoms with Crippen molar-refractivity contribution in [3.05, 3.63) is 71.8 Å². The summed E-state index contributed by atoms with van der Waals surface area (Å²) in [6.07, 6.45) is 0.598. The third kappa shape index (κ3) is 6.24. The third-order valence-corrected chi connectivity index (χ3v) is 7.09. The van der Waals surface area contributed by atoms with Crippen LogP contribution in [0.3, 0.4) is 0 Å². The molecular weight excluding hydrogens is 444 g/mol. The van der Waals surface area contributed by atoms with Gasteiger partial charge >= 0.3 is 6.09 Å². The van der Waals surface area contributed by atoms with Crippen LogP contribution in [0.25, 0.3) is 10.8 Å². The molecule has 0 aliphatic carbocycles. The Hall–Kier alpha value is -2.70. The highest BCUT2D eigenvalue weighted by Crippen LogP contribution is 2.35. The smallest absolute Gasteiger partial charge is 0.407 e. The number of thioether (sulfide) groups is 1. The molecule has 0 saturated carbocycles. The Balaban J connectivity index is 1.41. The summed E-state index contributed by atoms with van der Waals surface area (Å²) in [5.41, 5.74) is 2.05. The molecule has 0 radical (unpaired) electrons. The molecule has 4 rings (SSSR count). The fourth-order valence-corrected chi connectivity index (χ4v) is 5.48. The van der Waals surface area contributed by atoms with Crippen LogP contribution in [0.5, 0.6) is 5.75 Å². The van der Waals surface area contributed by atoms with Gasteiger partial charge in [0.25, 0.3) is 0 Å². The van der Waals surface area contributed by atoms with Gasteiger partial charge in [-0.05, 0) is 55.7 Å². The molecule has 34 heavy (non-hydrogen) atoms. The van der Waals surface area contributed by atoms with Gasteiger partial charge < -0.3 is 14.8 Å². The summed E-state index contributed by atoms with van der Waals surface area (Å²) in [6.45, 7) is 8.30. The number of nitrogens with zero attached hydrogens (tertiary/aromatic N) is 1. The fourth-order valence-electron chi connectivity index (χ4n) is 4.39. The molecule has 1 fully saturated rings. The normalized spacial score (nSPS) is 16.5. The van der Waals surface area contributed by atoms with E-state index >= 15 is 0 Å². The Labute approximate surface area is 206 Å². The van der Waals surface area contributed by atoms with Gasteiger partial charge in [0.05, 0.1) is 7.11 Å². The molecule has 1 atom stereocenters. The number of ether oxygens (including phenoxy) is 2. The lowest BCUT2D eigenvalue weighted by molar-refractivity contribution is 0.0505. The van der Waals surface area contributed by atoms with Gasteiger partial charge in [0.15, 0.2) is 0 Å². The van der Waals surface area contributed by atoms with E-state index in [0.29, 0.717) is 0 Å². The van der Waals surface area contributed by atoms with Crippen molar-refractivity contribution in [2.75, 3.05) is 20.2 Å². The van der Waals surface area contributed by atoms with Crippen molar-refractivity contribution in [1.29, 1.82) is 0 Å². The van der Waals surface area contributed by atoms with Gasteiger partial charge in [0.1, 0.15) is 11.4 Å². The molecule has 0 spiro atoms. The fraction of sp³-hybridized carbons (Fsp3) is 0.393. The molecule has 6 heteroatoms. The van der Waals surface area contributed by atoms with Crippen LogP contribution in [-0.2, 0) is 17.0 Å². The summed E-state index contributed by atoms with van der Waals surface area (Å²) in [4.78, 5) is 15.8. The number of hydrogen-bond donors (Lipinski definition) is 1. The Morgan fingerprint density at radius 2 is 1.85 bits per heavy atom. The highest BCUT2D eigenvalue weighted by atomic mass is 32.2. The predicted molar refractivity (Wildman–Crippen MR) is 140 cm³/mol. The number of likely N-dealkylation sites (tertiary alicyclic amines) is 1. The van der Waals surface area contributed by atoms with Gasteiger partial charge in [0, 0.05) is 41.9 Å². The average Bonchev–Trinajstić information content (AvgIpc) is 3.23. The minimum absolute atomic E-state index is 0.120. The largest absolute Gasteiger partial charge is 0.496 e. The maximum absolute atomic E-state index is 12.1. The monoisotopic (exact) mass is 478 g/mol. The van der Waals surface area contributed by atoms with Crippen LogP contribution in [0.15, 0.2) is 65.6 Å². The molecule has 1 amide bonds. The lowest BCUT2D eigenvalue weighted by Crippen LogP contribution is -2.40. The number of benzene rings is 3. The molecule has 0 bridgehead atoms. The second kappa shape index (κ2) is 10.7. The molecule has 3 aromatic rings. The third-order valence-electron chi connectivity index (χ3n) is 5.95. The highest BCUT2D eigenvalue weighted by molar-refractivity contribution is 7.98. The van der Waals surface area contributed by atoms with Crippen molar-refractivity contribution in [2.24, 2.45) is 0 Å². The van der Waals surface area contributed by atoms with Gasteiger partial charge in [-0.2, -0.15) is 0 Å². The van der Waals surface area contributed by atoms with Crippen LogP contribution in [0, 0.1) is 0 Å².